The van der Waals surface area contributed by atoms with Gasteiger partial charge in [-0.15, -0.1) is 0 Å². The quantitative estimate of drug-likeness (QED) is 0.732. The van der Waals surface area contributed by atoms with E-state index in [1.807, 2.05) is 0 Å². The average Bonchev–Trinajstić information content (AvgIpc) is 2.02. The number of halogens is 2. The van der Waals surface area contributed by atoms with Crippen LogP contribution >= 0.6 is 0 Å². The van der Waals surface area contributed by atoms with Crippen LogP contribution in [0.25, 0.3) is 0 Å². The van der Waals surface area contributed by atoms with Gasteiger partial charge in [0.25, 0.3) is 6.43 Å². The molecule has 0 aromatic carbocycles. The molecule has 0 spiro atoms. The number of nitrogen functional groups attached to an aromatic ring is 2. The first kappa shape index (κ1) is 9.50. The lowest BCUT2D eigenvalue weighted by atomic mass is 10.3. The third kappa shape index (κ3) is 1.77. The Labute approximate surface area is 73.5 Å². The molecule has 4 N–H and O–H groups in total. The summed E-state index contributed by atoms with van der Waals surface area (Å²) < 4.78 is 29.3. The Hall–Kier alpha value is -1.59. The molecule has 1 aromatic heterocycles. The number of alkyl halides is 2. The molecule has 72 valence electrons. The van der Waals surface area contributed by atoms with E-state index in [9.17, 15) is 8.78 Å². The largest absolute Gasteiger partial charge is 0.492 e. The minimum Gasteiger partial charge on any atom is -0.492 e. The van der Waals surface area contributed by atoms with Crippen LogP contribution < -0.4 is 16.2 Å². The predicted molar refractivity (Wildman–Crippen MR) is 44.6 cm³/mol. The van der Waals surface area contributed by atoms with Gasteiger partial charge in [-0.25, -0.2) is 13.8 Å². The van der Waals surface area contributed by atoms with Crippen molar-refractivity contribution in [3.05, 3.63) is 11.8 Å². The molecular weight excluding hydrogens is 180 g/mol. The number of methoxy groups -OCH3 is 1. The van der Waals surface area contributed by atoms with Gasteiger partial charge in [-0.1, -0.05) is 0 Å². The van der Waals surface area contributed by atoms with Crippen molar-refractivity contribution in [2.45, 2.75) is 6.43 Å². The highest BCUT2D eigenvalue weighted by Gasteiger charge is 2.18. The number of pyridine rings is 1. The highest BCUT2D eigenvalue weighted by atomic mass is 19.3. The lowest BCUT2D eigenvalue weighted by Crippen LogP contribution is -2.03. The Kier molecular flexibility index (Phi) is 2.50. The van der Waals surface area contributed by atoms with Crippen LogP contribution in [-0.2, 0) is 0 Å². The summed E-state index contributed by atoms with van der Waals surface area (Å²) in [4.78, 5) is 3.43. The summed E-state index contributed by atoms with van der Waals surface area (Å²) in [5.74, 6) is -0.169. The van der Waals surface area contributed by atoms with Gasteiger partial charge in [0, 0.05) is 6.07 Å². The second-order valence-electron chi connectivity index (χ2n) is 2.36. The molecule has 0 aliphatic rings. The molecular formula is C7H9F2N3O. The molecule has 0 fully saturated rings. The number of ether oxygens (including phenoxy) is 1. The van der Waals surface area contributed by atoms with E-state index in [1.54, 1.807) is 0 Å². The molecule has 0 aliphatic heterocycles. The first-order valence-electron chi connectivity index (χ1n) is 3.44. The smallest absolute Gasteiger partial charge is 0.284 e. The molecule has 1 aromatic rings. The SMILES string of the molecule is COc1c(N)cc(N)nc1C(F)F. The van der Waals surface area contributed by atoms with Gasteiger partial charge in [-0.3, -0.25) is 0 Å². The molecule has 13 heavy (non-hydrogen) atoms. The van der Waals surface area contributed by atoms with E-state index >= 15 is 0 Å². The molecule has 6 heteroatoms. The van der Waals surface area contributed by atoms with Crippen molar-refractivity contribution in [3.8, 4) is 5.75 Å². The maximum atomic E-state index is 12.3. The van der Waals surface area contributed by atoms with Gasteiger partial charge >= 0.3 is 0 Å². The number of hydrogen-bond acceptors (Lipinski definition) is 4. The molecule has 4 nitrogen and oxygen atoms in total. The van der Waals surface area contributed by atoms with Crippen molar-refractivity contribution in [3.63, 3.8) is 0 Å². The van der Waals surface area contributed by atoms with Crippen LogP contribution in [0.1, 0.15) is 12.1 Å². The van der Waals surface area contributed by atoms with Crippen molar-refractivity contribution in [2.24, 2.45) is 0 Å². The summed E-state index contributed by atoms with van der Waals surface area (Å²) in [6, 6.07) is 1.27. The molecule has 0 unspecified atom stereocenters. The van der Waals surface area contributed by atoms with Gasteiger partial charge in [-0.2, -0.15) is 0 Å². The molecule has 0 bridgehead atoms. The summed E-state index contributed by atoms with van der Waals surface area (Å²) >= 11 is 0. The minimum absolute atomic E-state index is 0.0476. The second kappa shape index (κ2) is 3.42. The number of aromatic nitrogens is 1. The van der Waals surface area contributed by atoms with E-state index in [0.29, 0.717) is 0 Å². The Balaban J connectivity index is 3.29. The van der Waals surface area contributed by atoms with Crippen LogP contribution in [0.4, 0.5) is 20.3 Å². The van der Waals surface area contributed by atoms with Crippen molar-refractivity contribution >= 4 is 11.5 Å². The number of nitrogens with two attached hydrogens (primary N) is 2. The molecule has 0 atom stereocenters. The third-order valence-electron chi connectivity index (χ3n) is 1.46. The monoisotopic (exact) mass is 189 g/mol. The van der Waals surface area contributed by atoms with Crippen molar-refractivity contribution in [1.82, 2.24) is 4.98 Å². The van der Waals surface area contributed by atoms with Crippen LogP contribution in [0.5, 0.6) is 5.75 Å². The van der Waals surface area contributed by atoms with E-state index in [2.05, 4.69) is 9.72 Å². The van der Waals surface area contributed by atoms with E-state index < -0.39 is 12.1 Å². The van der Waals surface area contributed by atoms with E-state index in [4.69, 9.17) is 11.5 Å². The van der Waals surface area contributed by atoms with Crippen LogP contribution in [0.15, 0.2) is 6.07 Å². The lowest BCUT2D eigenvalue weighted by molar-refractivity contribution is 0.142. The fraction of sp³-hybridized carbons (Fsp3) is 0.286. The van der Waals surface area contributed by atoms with Gasteiger partial charge in [0.1, 0.15) is 5.82 Å². The summed E-state index contributed by atoms with van der Waals surface area (Å²) in [7, 11) is 1.25. The summed E-state index contributed by atoms with van der Waals surface area (Å²) in [6.07, 6.45) is -2.75. The summed E-state index contributed by atoms with van der Waals surface area (Å²) in [5, 5.41) is 0. The number of rotatable bonds is 2. The fourth-order valence-corrected chi connectivity index (χ4v) is 0.965. The maximum absolute atomic E-state index is 12.3. The van der Waals surface area contributed by atoms with Gasteiger partial charge in [-0.05, 0) is 0 Å². The molecule has 0 saturated carbocycles. The molecule has 0 radical (unpaired) electrons. The van der Waals surface area contributed by atoms with Crippen molar-refractivity contribution in [2.75, 3.05) is 18.6 Å². The average molecular weight is 189 g/mol. The zero-order valence-corrected chi connectivity index (χ0v) is 6.92. The van der Waals surface area contributed by atoms with Crippen LogP contribution in [0.3, 0.4) is 0 Å². The standard InChI is InChI=1S/C7H9F2N3O/c1-13-6-3(10)2-4(11)12-5(6)7(8)9/h2,7H,1H3,(H4,10,11,12). The van der Waals surface area contributed by atoms with Crippen LogP contribution in [-0.4, -0.2) is 12.1 Å². The van der Waals surface area contributed by atoms with Crippen molar-refractivity contribution < 1.29 is 13.5 Å². The topological polar surface area (TPSA) is 74.2 Å². The Morgan fingerprint density at radius 1 is 1.46 bits per heavy atom. The zero-order valence-electron chi connectivity index (χ0n) is 6.92. The molecule has 0 aliphatic carbocycles. The van der Waals surface area contributed by atoms with Crippen molar-refractivity contribution in [1.29, 1.82) is 0 Å². The van der Waals surface area contributed by atoms with E-state index in [-0.39, 0.29) is 17.3 Å². The highest BCUT2D eigenvalue weighted by Crippen LogP contribution is 2.33. The normalized spacial score (nSPS) is 10.5. The molecule has 1 rings (SSSR count). The van der Waals surface area contributed by atoms with Gasteiger partial charge in [0.15, 0.2) is 11.4 Å². The van der Waals surface area contributed by atoms with E-state index in [1.165, 1.54) is 13.2 Å². The minimum atomic E-state index is -2.75. The molecule has 1 heterocycles. The van der Waals surface area contributed by atoms with Gasteiger partial charge in [0.2, 0.25) is 0 Å². The second-order valence-corrected chi connectivity index (χ2v) is 2.36. The maximum Gasteiger partial charge on any atom is 0.284 e. The highest BCUT2D eigenvalue weighted by molar-refractivity contribution is 5.60. The van der Waals surface area contributed by atoms with Gasteiger partial charge < -0.3 is 16.2 Å². The fourth-order valence-electron chi connectivity index (χ4n) is 0.965. The third-order valence-corrected chi connectivity index (χ3v) is 1.46. The Morgan fingerprint density at radius 3 is 2.54 bits per heavy atom. The lowest BCUT2D eigenvalue weighted by Gasteiger charge is -2.09. The first-order valence-corrected chi connectivity index (χ1v) is 3.44. The predicted octanol–water partition coefficient (Wildman–Crippen LogP) is 1.19. The van der Waals surface area contributed by atoms with Gasteiger partial charge in [0.05, 0.1) is 12.8 Å². The number of anilines is 2. The zero-order chi connectivity index (χ0) is 10.0. The van der Waals surface area contributed by atoms with Crippen LogP contribution in [0.2, 0.25) is 0 Å². The first-order chi connectivity index (χ1) is 6.06. The summed E-state index contributed by atoms with van der Waals surface area (Å²) in [5.41, 5.74) is 10.2. The molecule has 0 amide bonds. The number of nitrogens with zero attached hydrogens (tertiary/aromatic N) is 1. The Morgan fingerprint density at radius 2 is 2.08 bits per heavy atom. The molecule has 0 saturated heterocycles. The number of hydrogen-bond donors (Lipinski definition) is 2. The summed E-state index contributed by atoms with van der Waals surface area (Å²) in [6.45, 7) is 0. The van der Waals surface area contributed by atoms with E-state index in [0.717, 1.165) is 0 Å². The Bertz CT molecular complexity index is 317. The van der Waals surface area contributed by atoms with Crippen LogP contribution in [0, 0.1) is 0 Å².